The van der Waals surface area contributed by atoms with Gasteiger partial charge < -0.3 is 20.1 Å². The third-order valence-corrected chi connectivity index (χ3v) is 4.62. The molecule has 1 heterocycles. The predicted octanol–water partition coefficient (Wildman–Crippen LogP) is 3.77. The Balaban J connectivity index is 0.00000280. The van der Waals surface area contributed by atoms with Crippen LogP contribution in [0.1, 0.15) is 24.0 Å². The molecule has 1 aliphatic rings. The summed E-state index contributed by atoms with van der Waals surface area (Å²) in [6.45, 7) is 3.11. The maximum Gasteiger partial charge on any atom is 0.191 e. The Labute approximate surface area is 184 Å². The largest absolute Gasteiger partial charge is 0.489 e. The minimum absolute atomic E-state index is 0. The first-order valence-electron chi connectivity index (χ1n) is 9.65. The molecule has 0 aromatic heterocycles. The Morgan fingerprint density at radius 3 is 2.54 bits per heavy atom. The monoisotopic (exact) mass is 495 g/mol. The van der Waals surface area contributed by atoms with Gasteiger partial charge in [0.25, 0.3) is 0 Å². The zero-order chi connectivity index (χ0) is 18.7. The summed E-state index contributed by atoms with van der Waals surface area (Å²) >= 11 is 0. The van der Waals surface area contributed by atoms with E-state index in [-0.39, 0.29) is 24.0 Å². The Morgan fingerprint density at radius 1 is 1.07 bits per heavy atom. The van der Waals surface area contributed by atoms with Crippen LogP contribution >= 0.6 is 24.0 Å². The highest BCUT2D eigenvalue weighted by Gasteiger charge is 2.15. The molecule has 1 aliphatic heterocycles. The van der Waals surface area contributed by atoms with Gasteiger partial charge in [0, 0.05) is 26.7 Å². The molecule has 0 saturated carbocycles. The molecule has 0 radical (unpaired) electrons. The normalized spacial score (nSPS) is 16.3. The number of rotatable bonds is 8. The van der Waals surface area contributed by atoms with E-state index in [1.807, 2.05) is 30.3 Å². The first kappa shape index (κ1) is 22.5. The highest BCUT2D eigenvalue weighted by Crippen LogP contribution is 2.14. The van der Waals surface area contributed by atoms with E-state index < -0.39 is 0 Å². The topological polar surface area (TPSA) is 54.9 Å². The van der Waals surface area contributed by atoms with E-state index >= 15 is 0 Å². The van der Waals surface area contributed by atoms with Gasteiger partial charge in [-0.2, -0.15) is 0 Å². The number of aliphatic imine (C=N–C) groups is 1. The molecule has 3 rings (SSSR count). The highest BCUT2D eigenvalue weighted by atomic mass is 127. The number of nitrogens with one attached hydrogen (secondary N) is 2. The van der Waals surface area contributed by atoms with Gasteiger partial charge >= 0.3 is 0 Å². The molecule has 0 amide bonds. The van der Waals surface area contributed by atoms with E-state index in [2.05, 4.69) is 39.9 Å². The molecule has 0 spiro atoms. The molecule has 1 saturated heterocycles. The minimum Gasteiger partial charge on any atom is -0.489 e. The molecule has 1 unspecified atom stereocenters. The number of hydrogen-bond donors (Lipinski definition) is 2. The molecule has 0 aliphatic carbocycles. The van der Waals surface area contributed by atoms with Crippen LogP contribution in [0.5, 0.6) is 5.75 Å². The van der Waals surface area contributed by atoms with Crippen LogP contribution in [0, 0.1) is 0 Å². The molecule has 6 heteroatoms. The van der Waals surface area contributed by atoms with Crippen molar-refractivity contribution in [3.63, 3.8) is 0 Å². The lowest BCUT2D eigenvalue weighted by molar-refractivity contribution is 0.114. The van der Waals surface area contributed by atoms with Crippen molar-refractivity contribution in [1.82, 2.24) is 10.6 Å². The summed E-state index contributed by atoms with van der Waals surface area (Å²) in [4.78, 5) is 4.27. The molecule has 2 aromatic carbocycles. The third kappa shape index (κ3) is 7.67. The first-order valence-corrected chi connectivity index (χ1v) is 9.65. The maximum absolute atomic E-state index is 5.83. The molecule has 1 fully saturated rings. The van der Waals surface area contributed by atoms with Gasteiger partial charge in [-0.15, -0.1) is 24.0 Å². The SMILES string of the molecule is CN=C(NCCc1ccc(OCc2ccccc2)cc1)NCC1CCCO1.I. The summed E-state index contributed by atoms with van der Waals surface area (Å²) in [6.07, 6.45) is 3.53. The van der Waals surface area contributed by atoms with E-state index in [0.717, 1.165) is 50.7 Å². The van der Waals surface area contributed by atoms with Crippen LogP contribution in [-0.2, 0) is 17.8 Å². The number of hydrogen-bond acceptors (Lipinski definition) is 3. The molecular formula is C22H30IN3O2. The van der Waals surface area contributed by atoms with E-state index in [1.165, 1.54) is 11.1 Å². The van der Waals surface area contributed by atoms with Crippen molar-refractivity contribution in [2.75, 3.05) is 26.7 Å². The molecule has 2 aromatic rings. The predicted molar refractivity (Wildman–Crippen MR) is 125 cm³/mol. The van der Waals surface area contributed by atoms with Crippen LogP contribution in [0.25, 0.3) is 0 Å². The summed E-state index contributed by atoms with van der Waals surface area (Å²) in [7, 11) is 1.80. The lowest BCUT2D eigenvalue weighted by Crippen LogP contribution is -2.41. The number of ether oxygens (including phenoxy) is 2. The summed E-state index contributed by atoms with van der Waals surface area (Å²) in [6, 6.07) is 18.5. The van der Waals surface area contributed by atoms with Crippen LogP contribution in [0.15, 0.2) is 59.6 Å². The van der Waals surface area contributed by atoms with Crippen LogP contribution in [-0.4, -0.2) is 38.8 Å². The van der Waals surface area contributed by atoms with Crippen LogP contribution in [0.3, 0.4) is 0 Å². The average molecular weight is 495 g/mol. The zero-order valence-corrected chi connectivity index (χ0v) is 18.7. The van der Waals surface area contributed by atoms with Gasteiger partial charge in [-0.25, -0.2) is 0 Å². The fourth-order valence-corrected chi connectivity index (χ4v) is 3.05. The van der Waals surface area contributed by atoms with Crippen LogP contribution in [0.2, 0.25) is 0 Å². The lowest BCUT2D eigenvalue weighted by atomic mass is 10.1. The van der Waals surface area contributed by atoms with Gasteiger partial charge in [-0.05, 0) is 42.5 Å². The van der Waals surface area contributed by atoms with Gasteiger partial charge in [-0.1, -0.05) is 42.5 Å². The Hall–Kier alpha value is -1.80. The van der Waals surface area contributed by atoms with Crippen molar-refractivity contribution in [3.8, 4) is 5.75 Å². The van der Waals surface area contributed by atoms with E-state index in [0.29, 0.717) is 12.7 Å². The molecular weight excluding hydrogens is 465 g/mol. The number of benzene rings is 2. The Bertz CT molecular complexity index is 701. The van der Waals surface area contributed by atoms with Crippen LogP contribution in [0.4, 0.5) is 0 Å². The Kier molecular flexibility index (Phi) is 10.1. The first-order chi connectivity index (χ1) is 13.3. The molecule has 5 nitrogen and oxygen atoms in total. The van der Waals surface area contributed by atoms with Crippen molar-refractivity contribution in [3.05, 3.63) is 65.7 Å². The third-order valence-electron chi connectivity index (χ3n) is 4.62. The second-order valence-corrected chi connectivity index (χ2v) is 6.68. The highest BCUT2D eigenvalue weighted by molar-refractivity contribution is 14.0. The number of guanidine groups is 1. The standard InChI is InChI=1S/C22H29N3O2.HI/c1-23-22(25-16-21-8-5-15-26-21)24-14-13-18-9-11-20(12-10-18)27-17-19-6-3-2-4-7-19;/h2-4,6-7,9-12,21H,5,8,13-17H2,1H3,(H2,23,24,25);1H. The van der Waals surface area contributed by atoms with Crippen LogP contribution < -0.4 is 15.4 Å². The summed E-state index contributed by atoms with van der Waals surface area (Å²) in [5, 5.41) is 6.69. The summed E-state index contributed by atoms with van der Waals surface area (Å²) in [5.74, 6) is 1.72. The summed E-state index contributed by atoms with van der Waals surface area (Å²) in [5.41, 5.74) is 2.44. The van der Waals surface area contributed by atoms with E-state index in [4.69, 9.17) is 9.47 Å². The van der Waals surface area contributed by atoms with Crippen molar-refractivity contribution in [1.29, 1.82) is 0 Å². The zero-order valence-electron chi connectivity index (χ0n) is 16.4. The lowest BCUT2D eigenvalue weighted by Gasteiger charge is -2.15. The molecule has 28 heavy (non-hydrogen) atoms. The number of halogens is 1. The van der Waals surface area contributed by atoms with Gasteiger partial charge in [0.2, 0.25) is 0 Å². The van der Waals surface area contributed by atoms with Gasteiger partial charge in [0.1, 0.15) is 12.4 Å². The summed E-state index contributed by atoms with van der Waals surface area (Å²) < 4.78 is 11.5. The second-order valence-electron chi connectivity index (χ2n) is 6.68. The van der Waals surface area contributed by atoms with E-state index in [1.54, 1.807) is 7.05 Å². The van der Waals surface area contributed by atoms with Crippen molar-refractivity contribution < 1.29 is 9.47 Å². The molecule has 1 atom stereocenters. The average Bonchev–Trinajstić information content (AvgIpc) is 3.24. The quantitative estimate of drug-likeness (QED) is 0.333. The second kappa shape index (κ2) is 12.6. The fourth-order valence-electron chi connectivity index (χ4n) is 3.05. The molecule has 2 N–H and O–H groups in total. The van der Waals surface area contributed by atoms with Gasteiger partial charge in [-0.3, -0.25) is 4.99 Å². The van der Waals surface area contributed by atoms with Crippen molar-refractivity contribution in [2.45, 2.75) is 32.0 Å². The maximum atomic E-state index is 5.83. The van der Waals surface area contributed by atoms with E-state index in [9.17, 15) is 0 Å². The van der Waals surface area contributed by atoms with Gasteiger partial charge in [0.05, 0.1) is 6.10 Å². The Morgan fingerprint density at radius 2 is 1.86 bits per heavy atom. The molecule has 0 bridgehead atoms. The minimum atomic E-state index is 0. The number of nitrogens with zero attached hydrogens (tertiary/aromatic N) is 1. The molecule has 152 valence electrons. The van der Waals surface area contributed by atoms with Crippen molar-refractivity contribution in [2.24, 2.45) is 4.99 Å². The smallest absolute Gasteiger partial charge is 0.191 e. The van der Waals surface area contributed by atoms with Crippen molar-refractivity contribution >= 4 is 29.9 Å². The fraction of sp³-hybridized carbons (Fsp3) is 0.409. The van der Waals surface area contributed by atoms with Gasteiger partial charge in [0.15, 0.2) is 5.96 Å².